The summed E-state index contributed by atoms with van der Waals surface area (Å²) >= 11 is 0. The number of rotatable bonds is 0. The minimum Gasteiger partial charge on any atom is -0.399 e. The molecule has 0 radical (unpaired) electrons. The topological polar surface area (TPSA) is 26.0 Å². The molecule has 1 aromatic rings. The Morgan fingerprint density at radius 3 is 1.55 bits per heavy atom. The van der Waals surface area contributed by atoms with Crippen LogP contribution < -0.4 is 5.73 Å². The maximum atomic E-state index is 5.36. The second-order valence-corrected chi connectivity index (χ2v) is 1.41. The van der Waals surface area contributed by atoms with Gasteiger partial charge in [-0.15, -0.1) is 0 Å². The van der Waals surface area contributed by atoms with Gasteiger partial charge in [-0.3, -0.25) is 0 Å². The molecule has 0 saturated carbocycles. The first-order chi connectivity index (χ1) is 4.39. The zero-order valence-corrected chi connectivity index (χ0v) is 10.3. The van der Waals surface area contributed by atoms with E-state index in [1.165, 1.54) is 0 Å². The molecule has 0 unspecified atom stereocenters. The second-order valence-electron chi connectivity index (χ2n) is 1.41. The first-order valence-corrected chi connectivity index (χ1v) is 3.20. The summed E-state index contributed by atoms with van der Waals surface area (Å²) in [5.74, 6) is 0. The summed E-state index contributed by atoms with van der Waals surface area (Å²) in [5, 5.41) is 0. The van der Waals surface area contributed by atoms with Gasteiger partial charge in [0.05, 0.1) is 0 Å². The average molecular weight is 322 g/mol. The van der Waals surface area contributed by atoms with Crippen molar-refractivity contribution in [3.05, 3.63) is 37.8 Å². The maximum Gasteiger partial charge on any atom is 0.0313 e. The molecule has 0 spiro atoms. The molecule has 11 heavy (non-hydrogen) atoms. The van der Waals surface area contributed by atoms with Crippen molar-refractivity contribution in [3.8, 4) is 0 Å². The Morgan fingerprint density at radius 1 is 1.00 bits per heavy atom. The number of hydrogen-bond donors (Lipinski definition) is 1. The predicted molar refractivity (Wildman–Crippen MR) is 48.6 cm³/mol. The summed E-state index contributed by atoms with van der Waals surface area (Å²) in [5.41, 5.74) is 6.18. The molecule has 0 aliphatic rings. The van der Waals surface area contributed by atoms with Gasteiger partial charge in [0, 0.05) is 26.8 Å². The van der Waals surface area contributed by atoms with Gasteiger partial charge < -0.3 is 13.2 Å². The minimum absolute atomic E-state index is 0. The molecule has 1 aromatic carbocycles. The Balaban J connectivity index is -0.000000149. The largest absolute Gasteiger partial charge is 0.399 e. The summed E-state index contributed by atoms with van der Waals surface area (Å²) in [7, 11) is 0. The van der Waals surface area contributed by atoms with Gasteiger partial charge in [0.15, 0.2) is 0 Å². The van der Waals surface area contributed by atoms with E-state index in [1.54, 1.807) is 0 Å². The Hall–Kier alpha value is -0.292. The maximum absolute atomic E-state index is 5.36. The Bertz CT molecular complexity index is 139. The molecule has 64 valence electrons. The molecular formula is C9H16NW-. The van der Waals surface area contributed by atoms with E-state index in [9.17, 15) is 0 Å². The van der Waals surface area contributed by atoms with Crippen molar-refractivity contribution in [2.24, 2.45) is 0 Å². The van der Waals surface area contributed by atoms with E-state index in [2.05, 4.69) is 0 Å². The van der Waals surface area contributed by atoms with Crippen LogP contribution in [-0.2, 0) is 21.1 Å². The van der Waals surface area contributed by atoms with Crippen molar-refractivity contribution in [2.45, 2.75) is 13.8 Å². The molecular weight excluding hydrogens is 306 g/mol. The monoisotopic (exact) mass is 322 g/mol. The van der Waals surface area contributed by atoms with E-state index in [0.29, 0.717) is 0 Å². The van der Waals surface area contributed by atoms with Crippen LogP contribution in [0.2, 0.25) is 0 Å². The Labute approximate surface area is 84.3 Å². The van der Waals surface area contributed by atoms with Crippen LogP contribution in [0.4, 0.5) is 5.69 Å². The van der Waals surface area contributed by atoms with Crippen molar-refractivity contribution in [1.29, 1.82) is 0 Å². The molecule has 0 heterocycles. The smallest absolute Gasteiger partial charge is 0.0313 e. The van der Waals surface area contributed by atoms with E-state index in [-0.39, 0.29) is 28.5 Å². The number of nitrogen functional groups attached to an aromatic ring is 1. The Morgan fingerprint density at radius 2 is 1.36 bits per heavy atom. The first kappa shape index (κ1) is 17.0. The van der Waals surface area contributed by atoms with E-state index in [1.807, 2.05) is 44.2 Å². The van der Waals surface area contributed by atoms with Crippen molar-refractivity contribution in [1.82, 2.24) is 0 Å². The van der Waals surface area contributed by atoms with Crippen LogP contribution in [0, 0.1) is 7.43 Å². The molecule has 0 saturated heterocycles. The number of hydrogen-bond acceptors (Lipinski definition) is 1. The standard InChI is InChI=1S/C6H7N.C2H6.CH3.W/c7-6-4-2-1-3-5-6;1-2;;/h1-5H,7H2;1-2H3;1H3;/q;;-1;. The van der Waals surface area contributed by atoms with Crippen LogP contribution >= 0.6 is 0 Å². The normalized spacial score (nSPS) is 6.00. The summed E-state index contributed by atoms with van der Waals surface area (Å²) in [6, 6.07) is 9.49. The van der Waals surface area contributed by atoms with Gasteiger partial charge in [0.1, 0.15) is 0 Å². The number of nitrogens with two attached hydrogens (primary N) is 1. The van der Waals surface area contributed by atoms with Crippen LogP contribution in [0.5, 0.6) is 0 Å². The van der Waals surface area contributed by atoms with Gasteiger partial charge in [-0.25, -0.2) is 0 Å². The molecule has 0 bridgehead atoms. The second kappa shape index (κ2) is 12.4. The molecule has 1 rings (SSSR count). The van der Waals surface area contributed by atoms with Gasteiger partial charge in [-0.05, 0) is 12.1 Å². The van der Waals surface area contributed by atoms with Crippen LogP contribution in [0.25, 0.3) is 0 Å². The van der Waals surface area contributed by atoms with E-state index >= 15 is 0 Å². The van der Waals surface area contributed by atoms with E-state index in [4.69, 9.17) is 5.73 Å². The number of benzene rings is 1. The third kappa shape index (κ3) is 9.71. The zero-order valence-electron chi connectivity index (χ0n) is 7.37. The van der Waals surface area contributed by atoms with Gasteiger partial charge in [-0.2, -0.15) is 0 Å². The fraction of sp³-hybridized carbons (Fsp3) is 0.222. The third-order valence-electron chi connectivity index (χ3n) is 0.800. The SMILES string of the molecule is CC.Nc1ccccc1.[CH3-].[W]. The molecule has 0 aliphatic carbocycles. The van der Waals surface area contributed by atoms with Gasteiger partial charge in [0.2, 0.25) is 0 Å². The number of anilines is 1. The van der Waals surface area contributed by atoms with Gasteiger partial charge >= 0.3 is 0 Å². The Kier molecular flexibility index (Phi) is 19.1. The minimum atomic E-state index is 0. The molecule has 2 N–H and O–H groups in total. The van der Waals surface area contributed by atoms with Crippen LogP contribution in [0.15, 0.2) is 30.3 Å². The van der Waals surface area contributed by atoms with E-state index < -0.39 is 0 Å². The summed E-state index contributed by atoms with van der Waals surface area (Å²) in [6.07, 6.45) is 0. The fourth-order valence-electron chi connectivity index (χ4n) is 0.453. The van der Waals surface area contributed by atoms with Crippen LogP contribution in [0.3, 0.4) is 0 Å². The molecule has 2 heteroatoms. The van der Waals surface area contributed by atoms with Crippen LogP contribution in [0.1, 0.15) is 13.8 Å². The fourth-order valence-corrected chi connectivity index (χ4v) is 0.453. The molecule has 0 aromatic heterocycles. The zero-order chi connectivity index (χ0) is 7.11. The first-order valence-electron chi connectivity index (χ1n) is 3.20. The molecule has 0 atom stereocenters. The number of para-hydroxylation sites is 1. The van der Waals surface area contributed by atoms with Crippen molar-refractivity contribution < 1.29 is 21.1 Å². The summed E-state index contributed by atoms with van der Waals surface area (Å²) < 4.78 is 0. The van der Waals surface area contributed by atoms with Gasteiger partial charge in [0.25, 0.3) is 0 Å². The molecule has 1 nitrogen and oxygen atoms in total. The predicted octanol–water partition coefficient (Wildman–Crippen LogP) is 2.74. The van der Waals surface area contributed by atoms with E-state index in [0.717, 1.165) is 5.69 Å². The molecule has 0 amide bonds. The third-order valence-corrected chi connectivity index (χ3v) is 0.800. The quantitative estimate of drug-likeness (QED) is 0.577. The average Bonchev–Trinajstić information content (AvgIpc) is 1.94. The van der Waals surface area contributed by atoms with Crippen molar-refractivity contribution in [3.63, 3.8) is 0 Å². The van der Waals surface area contributed by atoms with Gasteiger partial charge in [-0.1, -0.05) is 32.0 Å². The summed E-state index contributed by atoms with van der Waals surface area (Å²) in [6.45, 7) is 4.00. The van der Waals surface area contributed by atoms with Crippen molar-refractivity contribution in [2.75, 3.05) is 5.73 Å². The van der Waals surface area contributed by atoms with Crippen molar-refractivity contribution >= 4 is 5.69 Å². The molecule has 0 fully saturated rings. The summed E-state index contributed by atoms with van der Waals surface area (Å²) in [4.78, 5) is 0. The molecule has 0 aliphatic heterocycles. The van der Waals surface area contributed by atoms with Crippen LogP contribution in [-0.4, -0.2) is 0 Å².